The smallest absolute Gasteiger partial charge is 0.201 e. The van der Waals surface area contributed by atoms with Crippen LogP contribution in [0.15, 0.2) is 40.1 Å². The van der Waals surface area contributed by atoms with Gasteiger partial charge in [-0.3, -0.25) is 0 Å². The molecule has 0 fully saturated rings. The molecule has 0 saturated carbocycles. The highest BCUT2D eigenvalue weighted by Gasteiger charge is 2.21. The van der Waals surface area contributed by atoms with Gasteiger partial charge in [0.2, 0.25) is 0 Å². The quantitative estimate of drug-likeness (QED) is 0.601. The molecular weight excluding hydrogens is 254 g/mol. The van der Waals surface area contributed by atoms with Crippen molar-refractivity contribution in [3.05, 3.63) is 53.9 Å². The van der Waals surface area contributed by atoms with Crippen LogP contribution in [0.1, 0.15) is 0 Å². The first-order valence-corrected chi connectivity index (χ1v) is 5.34. The van der Waals surface area contributed by atoms with E-state index in [9.17, 15) is 17.6 Å². The molecule has 1 aromatic heterocycles. The monoisotopic (exact) mass is 259 g/mol. The lowest BCUT2D eigenvalue weighted by molar-refractivity contribution is 0.383. The summed E-state index contributed by atoms with van der Waals surface area (Å²) >= 11 is 0.599. The van der Waals surface area contributed by atoms with Gasteiger partial charge in [-0.1, -0.05) is 30.0 Å². The molecule has 2 rings (SSSR count). The van der Waals surface area contributed by atoms with E-state index in [0.717, 1.165) is 0 Å². The van der Waals surface area contributed by atoms with Gasteiger partial charge in [-0.15, -0.1) is 0 Å². The van der Waals surface area contributed by atoms with Gasteiger partial charge >= 0.3 is 0 Å². The number of halogens is 4. The van der Waals surface area contributed by atoms with Crippen LogP contribution in [0.2, 0.25) is 0 Å². The highest BCUT2D eigenvalue weighted by atomic mass is 32.2. The zero-order valence-corrected chi connectivity index (χ0v) is 9.07. The fourth-order valence-electron chi connectivity index (χ4n) is 1.16. The highest BCUT2D eigenvalue weighted by molar-refractivity contribution is 7.99. The molecule has 0 saturated heterocycles. The molecule has 0 unspecified atom stereocenters. The van der Waals surface area contributed by atoms with E-state index in [2.05, 4.69) is 4.98 Å². The fourth-order valence-corrected chi connectivity index (χ4v) is 2.04. The summed E-state index contributed by atoms with van der Waals surface area (Å²) < 4.78 is 52.2. The average Bonchev–Trinajstić information content (AvgIpc) is 2.33. The van der Waals surface area contributed by atoms with Crippen LogP contribution in [0.3, 0.4) is 0 Å². The normalized spacial score (nSPS) is 10.6. The summed E-state index contributed by atoms with van der Waals surface area (Å²) in [6.45, 7) is 0. The second kappa shape index (κ2) is 4.75. The van der Waals surface area contributed by atoms with Crippen LogP contribution in [0.4, 0.5) is 17.6 Å². The predicted octanol–water partition coefficient (Wildman–Crippen LogP) is 3.79. The largest absolute Gasteiger partial charge is 0.252 e. The summed E-state index contributed by atoms with van der Waals surface area (Å²) in [6.07, 6.45) is 0. The maximum atomic E-state index is 13.3. The predicted molar refractivity (Wildman–Crippen MR) is 54.6 cm³/mol. The van der Waals surface area contributed by atoms with E-state index in [4.69, 9.17) is 0 Å². The molecule has 0 N–H and O–H groups in total. The van der Waals surface area contributed by atoms with Gasteiger partial charge in [-0.2, -0.15) is 13.8 Å². The molecule has 0 atom stereocenters. The molecule has 0 spiro atoms. The lowest BCUT2D eigenvalue weighted by Gasteiger charge is -2.05. The number of benzene rings is 1. The molecule has 17 heavy (non-hydrogen) atoms. The van der Waals surface area contributed by atoms with E-state index in [1.807, 2.05) is 0 Å². The molecule has 0 aliphatic carbocycles. The summed E-state index contributed by atoms with van der Waals surface area (Å²) in [7, 11) is 0. The van der Waals surface area contributed by atoms with Crippen molar-refractivity contribution in [2.75, 3.05) is 0 Å². The van der Waals surface area contributed by atoms with Crippen LogP contribution in [-0.4, -0.2) is 4.98 Å². The summed E-state index contributed by atoms with van der Waals surface area (Å²) in [6, 6.07) is 8.14. The molecule has 0 aliphatic heterocycles. The molecule has 1 nitrogen and oxygen atoms in total. The van der Waals surface area contributed by atoms with Gasteiger partial charge in [-0.05, 0) is 12.1 Å². The van der Waals surface area contributed by atoms with E-state index in [1.54, 1.807) is 30.3 Å². The molecule has 6 heteroatoms. The van der Waals surface area contributed by atoms with Gasteiger partial charge in [0.05, 0.1) is 4.90 Å². The minimum absolute atomic E-state index is 0.468. The zero-order chi connectivity index (χ0) is 12.4. The molecule has 2 aromatic rings. The van der Waals surface area contributed by atoms with Crippen LogP contribution >= 0.6 is 11.8 Å². The Labute approximate surface area is 98.5 Å². The lowest BCUT2D eigenvalue weighted by Crippen LogP contribution is -2.01. The Morgan fingerprint density at radius 2 is 1.35 bits per heavy atom. The minimum atomic E-state index is -1.65. The molecule has 1 aromatic carbocycles. The van der Waals surface area contributed by atoms with Crippen molar-refractivity contribution >= 4 is 11.8 Å². The van der Waals surface area contributed by atoms with Crippen LogP contribution in [0.25, 0.3) is 0 Å². The number of pyridine rings is 1. The van der Waals surface area contributed by atoms with Crippen molar-refractivity contribution < 1.29 is 17.6 Å². The van der Waals surface area contributed by atoms with E-state index in [0.29, 0.717) is 16.7 Å². The SMILES string of the molecule is Fc1nc(F)c(F)c(Sc2ccccc2)c1F. The fraction of sp³-hybridized carbons (Fsp3) is 0. The molecule has 0 radical (unpaired) electrons. The topological polar surface area (TPSA) is 12.9 Å². The van der Waals surface area contributed by atoms with Crippen LogP contribution < -0.4 is 0 Å². The Kier molecular flexibility index (Phi) is 3.33. The third-order valence-electron chi connectivity index (χ3n) is 1.92. The summed E-state index contributed by atoms with van der Waals surface area (Å²) in [4.78, 5) is 2.21. The number of hydrogen-bond donors (Lipinski definition) is 0. The maximum absolute atomic E-state index is 13.3. The Bertz CT molecular complexity index is 519. The number of hydrogen-bond acceptors (Lipinski definition) is 2. The zero-order valence-electron chi connectivity index (χ0n) is 8.25. The van der Waals surface area contributed by atoms with Crippen molar-refractivity contribution in [1.29, 1.82) is 0 Å². The molecular formula is C11H5F4NS. The third kappa shape index (κ3) is 2.41. The second-order valence-electron chi connectivity index (χ2n) is 3.07. The number of aromatic nitrogens is 1. The molecule has 1 heterocycles. The van der Waals surface area contributed by atoms with Crippen LogP contribution in [0.5, 0.6) is 0 Å². The van der Waals surface area contributed by atoms with Gasteiger partial charge in [0.15, 0.2) is 11.6 Å². The van der Waals surface area contributed by atoms with Crippen molar-refractivity contribution in [2.24, 2.45) is 0 Å². The van der Waals surface area contributed by atoms with Crippen LogP contribution in [-0.2, 0) is 0 Å². The summed E-state index contributed by atoms with van der Waals surface area (Å²) in [5.74, 6) is -6.28. The second-order valence-corrected chi connectivity index (χ2v) is 4.15. The van der Waals surface area contributed by atoms with Crippen molar-refractivity contribution in [3.63, 3.8) is 0 Å². The minimum Gasteiger partial charge on any atom is -0.201 e. The van der Waals surface area contributed by atoms with Gasteiger partial charge in [0.1, 0.15) is 0 Å². The van der Waals surface area contributed by atoms with Crippen molar-refractivity contribution in [3.8, 4) is 0 Å². The van der Waals surface area contributed by atoms with Gasteiger partial charge in [-0.25, -0.2) is 8.78 Å². The summed E-state index contributed by atoms with van der Waals surface area (Å²) in [5.41, 5.74) is 0. The Morgan fingerprint density at radius 1 is 0.824 bits per heavy atom. The van der Waals surface area contributed by atoms with Gasteiger partial charge in [0.25, 0.3) is 11.9 Å². The Morgan fingerprint density at radius 3 is 1.88 bits per heavy atom. The number of rotatable bonds is 2. The van der Waals surface area contributed by atoms with E-state index < -0.39 is 28.4 Å². The Balaban J connectivity index is 2.46. The van der Waals surface area contributed by atoms with Gasteiger partial charge in [0, 0.05) is 4.90 Å². The first-order chi connectivity index (χ1) is 8.09. The van der Waals surface area contributed by atoms with E-state index >= 15 is 0 Å². The van der Waals surface area contributed by atoms with E-state index in [-0.39, 0.29) is 0 Å². The maximum Gasteiger partial charge on any atom is 0.252 e. The van der Waals surface area contributed by atoms with E-state index in [1.165, 1.54) is 0 Å². The van der Waals surface area contributed by atoms with Gasteiger partial charge < -0.3 is 0 Å². The molecule has 0 aliphatic rings. The van der Waals surface area contributed by atoms with Crippen molar-refractivity contribution in [1.82, 2.24) is 4.98 Å². The Hall–Kier alpha value is -1.56. The van der Waals surface area contributed by atoms with Crippen molar-refractivity contribution in [2.45, 2.75) is 9.79 Å². The first-order valence-electron chi connectivity index (χ1n) is 4.52. The summed E-state index contributed by atoms with van der Waals surface area (Å²) in [5, 5.41) is 0. The third-order valence-corrected chi connectivity index (χ3v) is 2.99. The standard InChI is InChI=1S/C11H5F4NS/c12-7-9(8(13)11(15)16-10(7)14)17-6-4-2-1-3-5-6/h1-5H. The lowest BCUT2D eigenvalue weighted by atomic mass is 10.4. The average molecular weight is 259 g/mol. The molecule has 0 bridgehead atoms. The number of nitrogens with zero attached hydrogens (tertiary/aromatic N) is 1. The first kappa shape index (κ1) is 11.9. The highest BCUT2D eigenvalue weighted by Crippen LogP contribution is 2.33. The molecule has 0 amide bonds. The molecule has 88 valence electrons. The van der Waals surface area contributed by atoms with Crippen LogP contribution in [0, 0.1) is 23.5 Å².